The largest absolute Gasteiger partial charge is 0.464 e. The summed E-state index contributed by atoms with van der Waals surface area (Å²) in [6, 6.07) is 5.11. The number of rotatable bonds is 8. The fourth-order valence-corrected chi connectivity index (χ4v) is 5.18. The molecule has 1 aliphatic heterocycles. The van der Waals surface area contributed by atoms with Crippen LogP contribution in [0.5, 0.6) is 11.5 Å². The third-order valence-electron chi connectivity index (χ3n) is 6.60. The molecular formula is C25H28ClF2N4O3Si. The molecule has 7 nitrogen and oxygen atoms in total. The summed E-state index contributed by atoms with van der Waals surface area (Å²) < 4.78 is 48.8. The quantitative estimate of drug-likeness (QED) is 0.266. The Balaban J connectivity index is 1.32. The lowest BCUT2D eigenvalue weighted by Crippen LogP contribution is -2.42. The van der Waals surface area contributed by atoms with Crippen molar-refractivity contribution >= 4 is 43.1 Å². The van der Waals surface area contributed by atoms with Crippen molar-refractivity contribution in [3.8, 4) is 11.5 Å². The molecule has 1 aliphatic carbocycles. The molecule has 3 aromatic rings. The van der Waals surface area contributed by atoms with Crippen LogP contribution in [0.2, 0.25) is 24.2 Å². The Morgan fingerprint density at radius 1 is 1.25 bits per heavy atom. The Kier molecular flexibility index (Phi) is 7.18. The van der Waals surface area contributed by atoms with Crippen LogP contribution < -0.4 is 10.1 Å². The van der Waals surface area contributed by atoms with Gasteiger partial charge in [-0.05, 0) is 25.0 Å². The number of nitrogens with zero attached hydrogens (tertiary/aromatic N) is 3. The van der Waals surface area contributed by atoms with Crippen LogP contribution in [-0.2, 0) is 16.2 Å². The Bertz CT molecular complexity index is 1270. The number of fused-ring (bicyclic) bond motifs is 1. The van der Waals surface area contributed by atoms with Gasteiger partial charge in [-0.1, -0.05) is 31.1 Å². The van der Waals surface area contributed by atoms with E-state index in [1.807, 2.05) is 0 Å². The number of hydrogen-bond donors (Lipinski definition) is 1. The van der Waals surface area contributed by atoms with E-state index >= 15 is 0 Å². The second-order valence-corrected chi connectivity index (χ2v) is 13.0. The number of anilines is 1. The van der Waals surface area contributed by atoms with E-state index in [2.05, 4.69) is 28.4 Å². The summed E-state index contributed by atoms with van der Waals surface area (Å²) >= 11 is 6.44. The number of benzene rings is 1. The van der Waals surface area contributed by atoms with Crippen LogP contribution in [0.15, 0.2) is 35.6 Å². The Labute approximate surface area is 215 Å². The maximum Gasteiger partial charge on any atom is 0.289 e. The molecule has 0 saturated heterocycles. The summed E-state index contributed by atoms with van der Waals surface area (Å²) in [4.78, 5) is 8.77. The van der Waals surface area contributed by atoms with Gasteiger partial charge >= 0.3 is 0 Å². The molecule has 1 fully saturated rings. The molecule has 2 aliphatic rings. The van der Waals surface area contributed by atoms with E-state index in [9.17, 15) is 8.78 Å². The first-order valence-electron chi connectivity index (χ1n) is 11.9. The highest BCUT2D eigenvalue weighted by molar-refractivity contribution is 6.55. The monoisotopic (exact) mass is 533 g/mol. The third-order valence-corrected chi connectivity index (χ3v) is 8.09. The van der Waals surface area contributed by atoms with Gasteiger partial charge in [-0.3, -0.25) is 0 Å². The van der Waals surface area contributed by atoms with E-state index in [0.717, 1.165) is 31.0 Å². The third kappa shape index (κ3) is 5.21. The van der Waals surface area contributed by atoms with Crippen molar-refractivity contribution in [1.29, 1.82) is 0 Å². The lowest BCUT2D eigenvalue weighted by molar-refractivity contribution is 0.0461. The zero-order chi connectivity index (χ0) is 25.3. The van der Waals surface area contributed by atoms with E-state index in [0.29, 0.717) is 35.8 Å². The molecule has 191 valence electrons. The average molecular weight is 534 g/mol. The second-order valence-electron chi connectivity index (χ2n) is 9.71. The molecular weight excluding hydrogens is 506 g/mol. The number of aliphatic imine (C=N–C) groups is 1. The van der Waals surface area contributed by atoms with E-state index in [1.54, 1.807) is 10.8 Å². The van der Waals surface area contributed by atoms with Gasteiger partial charge in [0.05, 0.1) is 23.6 Å². The smallest absolute Gasteiger partial charge is 0.289 e. The lowest BCUT2D eigenvalue weighted by Gasteiger charge is -2.42. The topological polar surface area (TPSA) is 69.9 Å². The normalized spacial score (nSPS) is 16.7. The van der Waals surface area contributed by atoms with Crippen LogP contribution in [-0.4, -0.2) is 44.1 Å². The first-order chi connectivity index (χ1) is 17.3. The van der Waals surface area contributed by atoms with Crippen molar-refractivity contribution in [2.45, 2.75) is 45.1 Å². The molecule has 5 rings (SSSR count). The molecule has 3 heterocycles. The van der Waals surface area contributed by atoms with Crippen molar-refractivity contribution in [3.63, 3.8) is 0 Å². The molecule has 0 bridgehead atoms. The molecule has 0 unspecified atom stereocenters. The minimum atomic E-state index is -0.870. The van der Waals surface area contributed by atoms with E-state index in [1.165, 1.54) is 18.7 Å². The summed E-state index contributed by atoms with van der Waals surface area (Å²) in [5.74, 6) is -2.08. The minimum absolute atomic E-state index is 0.136. The predicted molar refractivity (Wildman–Crippen MR) is 138 cm³/mol. The SMILES string of the molecule is C[Si](C)CCOCn1cc(Cl)c2c(Oc3c(F)cc(NC4=NCC5(CCC5)CO4)cc3F)ccnc21. The summed E-state index contributed by atoms with van der Waals surface area (Å²) in [5, 5.41) is 3.66. The number of nitrogens with one attached hydrogen (secondary N) is 1. The highest BCUT2D eigenvalue weighted by atomic mass is 35.5. The Hall–Kier alpha value is -2.69. The Morgan fingerprint density at radius 2 is 2.03 bits per heavy atom. The second kappa shape index (κ2) is 10.4. The molecule has 0 amide bonds. The number of ether oxygens (including phenoxy) is 3. The van der Waals surface area contributed by atoms with Gasteiger partial charge in [0, 0.05) is 51.0 Å². The maximum absolute atomic E-state index is 15.0. The van der Waals surface area contributed by atoms with Crippen molar-refractivity contribution in [3.05, 3.63) is 47.2 Å². The fourth-order valence-electron chi connectivity index (χ4n) is 4.33. The maximum atomic E-state index is 15.0. The number of amidine groups is 1. The van der Waals surface area contributed by atoms with Crippen LogP contribution in [0.3, 0.4) is 0 Å². The molecule has 1 spiro atoms. The predicted octanol–water partition coefficient (Wildman–Crippen LogP) is 6.46. The van der Waals surface area contributed by atoms with Gasteiger partial charge in [0.1, 0.15) is 18.1 Å². The molecule has 1 radical (unpaired) electrons. The fraction of sp³-hybridized carbons (Fsp3) is 0.440. The van der Waals surface area contributed by atoms with Crippen molar-refractivity contribution in [2.24, 2.45) is 10.4 Å². The van der Waals surface area contributed by atoms with E-state index in [-0.39, 0.29) is 38.4 Å². The Morgan fingerprint density at radius 3 is 2.67 bits per heavy atom. The molecule has 1 N–H and O–H groups in total. The van der Waals surface area contributed by atoms with Crippen LogP contribution >= 0.6 is 11.6 Å². The molecule has 1 aromatic carbocycles. The molecule has 0 atom stereocenters. The highest BCUT2D eigenvalue weighted by Crippen LogP contribution is 2.43. The van der Waals surface area contributed by atoms with E-state index < -0.39 is 17.4 Å². The number of hydrogen-bond acceptors (Lipinski definition) is 6. The summed E-state index contributed by atoms with van der Waals surface area (Å²) in [7, 11) is -0.374. The van der Waals surface area contributed by atoms with Gasteiger partial charge in [0.15, 0.2) is 17.4 Å². The molecule has 11 heteroatoms. The van der Waals surface area contributed by atoms with Gasteiger partial charge in [0.2, 0.25) is 0 Å². The first kappa shape index (κ1) is 25.0. The molecule has 2 aromatic heterocycles. The van der Waals surface area contributed by atoms with Crippen LogP contribution in [0.1, 0.15) is 19.3 Å². The zero-order valence-corrected chi connectivity index (χ0v) is 22.0. The average Bonchev–Trinajstić information content (AvgIpc) is 3.15. The lowest BCUT2D eigenvalue weighted by atomic mass is 9.69. The van der Waals surface area contributed by atoms with Crippen LogP contribution in [0, 0.1) is 17.0 Å². The zero-order valence-electron chi connectivity index (χ0n) is 20.2. The van der Waals surface area contributed by atoms with Gasteiger partial charge in [-0.2, -0.15) is 0 Å². The van der Waals surface area contributed by atoms with Crippen molar-refractivity contribution in [2.75, 3.05) is 25.1 Å². The molecule has 36 heavy (non-hydrogen) atoms. The van der Waals surface area contributed by atoms with Gasteiger partial charge in [-0.15, -0.1) is 0 Å². The first-order valence-corrected chi connectivity index (χ1v) is 15.0. The van der Waals surface area contributed by atoms with Crippen LogP contribution in [0.25, 0.3) is 11.0 Å². The summed E-state index contributed by atoms with van der Waals surface area (Å²) in [6.45, 7) is 6.58. The van der Waals surface area contributed by atoms with Crippen LogP contribution in [0.4, 0.5) is 14.5 Å². The van der Waals surface area contributed by atoms with Gasteiger partial charge in [-0.25, -0.2) is 18.8 Å². The standard InChI is InChI=1S/C25H28ClF2N4O3Si/c1-36(2)9-8-33-15-32-12-17(26)21-20(4-7-29-23(21)32)35-22-18(27)10-16(11-19(22)28)31-24-30-13-25(14-34-24)5-3-6-25/h4,7,10-12H,3,5-6,8-9,13-15H2,1-2H3,(H,30,31). The van der Waals surface area contributed by atoms with Gasteiger partial charge in [0.25, 0.3) is 6.02 Å². The number of pyridine rings is 1. The number of halogens is 3. The van der Waals surface area contributed by atoms with Gasteiger partial charge < -0.3 is 24.1 Å². The number of aromatic nitrogens is 2. The summed E-state index contributed by atoms with van der Waals surface area (Å²) in [6.07, 6.45) is 6.56. The van der Waals surface area contributed by atoms with Crippen molar-refractivity contribution in [1.82, 2.24) is 9.55 Å². The summed E-state index contributed by atoms with van der Waals surface area (Å²) in [5.41, 5.74) is 0.828. The van der Waals surface area contributed by atoms with Crippen molar-refractivity contribution < 1.29 is 23.0 Å². The minimum Gasteiger partial charge on any atom is -0.464 e. The molecule has 1 saturated carbocycles. The van der Waals surface area contributed by atoms with E-state index in [4.69, 9.17) is 25.8 Å². The highest BCUT2D eigenvalue weighted by Gasteiger charge is 2.40.